The molecule has 0 fully saturated rings. The van der Waals surface area contributed by atoms with Gasteiger partial charge in [-0.15, -0.1) is 0 Å². The van der Waals surface area contributed by atoms with Gasteiger partial charge in [0.1, 0.15) is 11.8 Å². The van der Waals surface area contributed by atoms with Gasteiger partial charge in [-0.25, -0.2) is 0 Å². The fourth-order valence-electron chi connectivity index (χ4n) is 4.19. The Morgan fingerprint density at radius 2 is 2.11 bits per heavy atom. The van der Waals surface area contributed by atoms with Crippen LogP contribution in [0.4, 0.5) is 11.4 Å². The molecule has 0 aromatic heterocycles. The number of nitriles is 1. The minimum atomic E-state index is -0.326. The fourth-order valence-corrected chi connectivity index (χ4v) is 4.19. The Balaban J connectivity index is 1.70. The second-order valence-electron chi connectivity index (χ2n) is 6.98. The second-order valence-corrected chi connectivity index (χ2v) is 6.98. The summed E-state index contributed by atoms with van der Waals surface area (Å²) in [4.78, 5) is 10.9. The van der Waals surface area contributed by atoms with Crippen molar-refractivity contribution in [3.8, 4) is 11.8 Å². The Kier molecular flexibility index (Phi) is 4.28. The lowest BCUT2D eigenvalue weighted by Crippen LogP contribution is -2.29. The highest BCUT2D eigenvalue weighted by molar-refractivity contribution is 5.67. The molecule has 0 spiro atoms. The van der Waals surface area contributed by atoms with Gasteiger partial charge in [0.05, 0.1) is 11.0 Å². The van der Waals surface area contributed by atoms with Crippen LogP contribution in [0.2, 0.25) is 0 Å². The number of nitrogens with one attached hydrogen (secondary N) is 1. The summed E-state index contributed by atoms with van der Waals surface area (Å²) < 4.78 is 5.34. The van der Waals surface area contributed by atoms with Crippen LogP contribution < -0.4 is 10.1 Å². The fraction of sp³-hybridized carbons (Fsp3) is 0.286. The largest absolute Gasteiger partial charge is 0.479 e. The number of nitro benzene ring substituents is 1. The van der Waals surface area contributed by atoms with Gasteiger partial charge in [-0.2, -0.15) is 5.26 Å². The van der Waals surface area contributed by atoms with Crippen molar-refractivity contribution in [2.45, 2.75) is 25.3 Å². The van der Waals surface area contributed by atoms with Crippen molar-refractivity contribution in [1.82, 2.24) is 0 Å². The maximum absolute atomic E-state index is 11.3. The van der Waals surface area contributed by atoms with Crippen molar-refractivity contribution >= 4 is 11.4 Å². The summed E-state index contributed by atoms with van der Waals surface area (Å²) in [7, 11) is 0. The van der Waals surface area contributed by atoms with Crippen molar-refractivity contribution in [2.75, 3.05) is 11.9 Å². The van der Waals surface area contributed by atoms with Crippen LogP contribution in [-0.2, 0) is 0 Å². The third-order valence-electron chi connectivity index (χ3n) is 5.40. The van der Waals surface area contributed by atoms with Crippen LogP contribution >= 0.6 is 0 Å². The molecule has 0 unspecified atom stereocenters. The van der Waals surface area contributed by atoms with E-state index in [1.54, 1.807) is 12.1 Å². The van der Waals surface area contributed by atoms with Gasteiger partial charge in [-0.1, -0.05) is 24.3 Å². The lowest BCUT2D eigenvalue weighted by molar-refractivity contribution is -0.385. The number of fused-ring (bicyclic) bond motifs is 3. The minimum Gasteiger partial charge on any atom is -0.479 e. The number of benzene rings is 2. The predicted molar refractivity (Wildman–Crippen MR) is 102 cm³/mol. The highest BCUT2D eigenvalue weighted by Crippen LogP contribution is 2.51. The average Bonchev–Trinajstić information content (AvgIpc) is 3.16. The summed E-state index contributed by atoms with van der Waals surface area (Å²) in [6.07, 6.45) is 5.26. The Hall–Kier alpha value is -3.33. The first-order valence-corrected chi connectivity index (χ1v) is 8.90. The molecule has 4 rings (SSSR count). The number of non-ortho nitro benzene ring substituents is 1. The molecule has 136 valence electrons. The molecule has 27 heavy (non-hydrogen) atoms. The summed E-state index contributed by atoms with van der Waals surface area (Å²) in [6, 6.07) is 13.2. The molecule has 1 heterocycles. The van der Waals surface area contributed by atoms with Crippen molar-refractivity contribution in [2.24, 2.45) is 5.92 Å². The van der Waals surface area contributed by atoms with E-state index in [4.69, 9.17) is 10.00 Å². The standard InChI is InChI=1S/C21H19N3O3/c1-13-11-15(24(25)26)12-19-17-3-2-4-18(17)21(23-20(13)19)14-5-7-16(8-6-14)27-10-9-22/h2-3,5-8,11-12,17-18,21,23H,4,10H2,1H3/t17-,18-,21-/m1/s1. The SMILES string of the molecule is Cc1cc([N+](=O)[O-])cc2c1N[C@H](c1ccc(OCC#N)cc1)[C@@H]1CC=C[C@@H]21. The van der Waals surface area contributed by atoms with Gasteiger partial charge in [0.25, 0.3) is 5.69 Å². The molecule has 6 nitrogen and oxygen atoms in total. The zero-order valence-electron chi connectivity index (χ0n) is 14.9. The summed E-state index contributed by atoms with van der Waals surface area (Å²) >= 11 is 0. The smallest absolute Gasteiger partial charge is 0.270 e. The normalized spacial score (nSPS) is 22.3. The lowest BCUT2D eigenvalue weighted by Gasteiger charge is -2.38. The van der Waals surface area contributed by atoms with Crippen molar-refractivity contribution in [3.63, 3.8) is 0 Å². The number of hydrogen-bond acceptors (Lipinski definition) is 5. The van der Waals surface area contributed by atoms with Gasteiger partial charge in [-0.3, -0.25) is 10.1 Å². The van der Waals surface area contributed by atoms with Crippen LogP contribution in [0.15, 0.2) is 48.6 Å². The zero-order chi connectivity index (χ0) is 19.0. The Morgan fingerprint density at radius 1 is 1.33 bits per heavy atom. The Morgan fingerprint density at radius 3 is 2.81 bits per heavy atom. The lowest BCUT2D eigenvalue weighted by atomic mass is 9.76. The Labute approximate surface area is 157 Å². The maximum Gasteiger partial charge on any atom is 0.270 e. The van der Waals surface area contributed by atoms with Gasteiger partial charge in [0, 0.05) is 23.7 Å². The van der Waals surface area contributed by atoms with E-state index < -0.39 is 0 Å². The van der Waals surface area contributed by atoms with E-state index in [1.807, 2.05) is 37.3 Å². The second kappa shape index (κ2) is 6.76. The molecule has 1 aliphatic carbocycles. The number of rotatable bonds is 4. The van der Waals surface area contributed by atoms with E-state index in [9.17, 15) is 10.1 Å². The number of allylic oxidation sites excluding steroid dienone is 2. The molecule has 0 amide bonds. The highest BCUT2D eigenvalue weighted by Gasteiger charge is 2.39. The third-order valence-corrected chi connectivity index (χ3v) is 5.40. The van der Waals surface area contributed by atoms with Crippen LogP contribution in [0.1, 0.15) is 35.1 Å². The topological polar surface area (TPSA) is 88.2 Å². The van der Waals surface area contributed by atoms with Gasteiger partial charge in [-0.05, 0) is 48.1 Å². The number of anilines is 1. The van der Waals surface area contributed by atoms with Gasteiger partial charge in [0.15, 0.2) is 6.61 Å². The van der Waals surface area contributed by atoms with Crippen LogP contribution in [0.3, 0.4) is 0 Å². The number of aryl methyl sites for hydroxylation is 1. The highest BCUT2D eigenvalue weighted by atomic mass is 16.6. The first-order chi connectivity index (χ1) is 13.1. The van der Waals surface area contributed by atoms with E-state index in [2.05, 4.69) is 17.5 Å². The molecule has 2 aromatic carbocycles. The zero-order valence-corrected chi connectivity index (χ0v) is 14.9. The van der Waals surface area contributed by atoms with Crippen LogP contribution in [0, 0.1) is 34.3 Å². The summed E-state index contributed by atoms with van der Waals surface area (Å²) in [5.41, 5.74) is 4.16. The van der Waals surface area contributed by atoms with E-state index in [-0.39, 0.29) is 29.2 Å². The molecule has 2 aliphatic rings. The molecule has 0 saturated heterocycles. The molecule has 1 N–H and O–H groups in total. The first-order valence-electron chi connectivity index (χ1n) is 8.90. The third kappa shape index (κ3) is 3.02. The van der Waals surface area contributed by atoms with Gasteiger partial charge < -0.3 is 10.1 Å². The van der Waals surface area contributed by atoms with Crippen molar-refractivity contribution < 1.29 is 9.66 Å². The maximum atomic E-state index is 11.3. The van der Waals surface area contributed by atoms with Gasteiger partial charge >= 0.3 is 0 Å². The molecule has 2 aromatic rings. The quantitative estimate of drug-likeness (QED) is 0.487. The summed E-state index contributed by atoms with van der Waals surface area (Å²) in [6.45, 7) is 1.94. The average molecular weight is 361 g/mol. The summed E-state index contributed by atoms with van der Waals surface area (Å²) in [5.74, 6) is 1.15. The monoisotopic (exact) mass is 361 g/mol. The van der Waals surface area contributed by atoms with E-state index in [1.165, 1.54) is 0 Å². The molecule has 0 bridgehead atoms. The van der Waals surface area contributed by atoms with Crippen LogP contribution in [0.25, 0.3) is 0 Å². The van der Waals surface area contributed by atoms with E-state index >= 15 is 0 Å². The molecule has 3 atom stereocenters. The predicted octanol–water partition coefficient (Wildman–Crippen LogP) is 4.63. The van der Waals surface area contributed by atoms with E-state index in [0.717, 1.165) is 28.8 Å². The molecule has 1 aliphatic heterocycles. The summed E-state index contributed by atoms with van der Waals surface area (Å²) in [5, 5.41) is 23.5. The van der Waals surface area contributed by atoms with Crippen molar-refractivity contribution in [3.05, 3.63) is 75.4 Å². The minimum absolute atomic E-state index is 0.0288. The van der Waals surface area contributed by atoms with Crippen molar-refractivity contribution in [1.29, 1.82) is 5.26 Å². The van der Waals surface area contributed by atoms with E-state index in [0.29, 0.717) is 11.7 Å². The van der Waals surface area contributed by atoms with Crippen LogP contribution in [0.5, 0.6) is 5.75 Å². The molecule has 6 heteroatoms. The molecular weight excluding hydrogens is 342 g/mol. The Bertz CT molecular complexity index is 960. The first kappa shape index (κ1) is 17.1. The molecule has 0 radical (unpaired) electrons. The number of nitro groups is 1. The van der Waals surface area contributed by atoms with Crippen LogP contribution in [-0.4, -0.2) is 11.5 Å². The number of ether oxygens (including phenoxy) is 1. The molecular formula is C21H19N3O3. The van der Waals surface area contributed by atoms with Gasteiger partial charge in [0.2, 0.25) is 0 Å². The number of nitrogens with zero attached hydrogens (tertiary/aromatic N) is 2. The number of hydrogen-bond donors (Lipinski definition) is 1. The molecule has 0 saturated carbocycles.